The maximum Gasteiger partial charge on any atom is 0.0351 e. The Kier molecular flexibility index (Phi) is 9.02. The molecule has 0 heterocycles. The van der Waals surface area contributed by atoms with Crippen molar-refractivity contribution in [1.82, 2.24) is 0 Å². The van der Waals surface area contributed by atoms with Gasteiger partial charge in [-0.15, -0.1) is 6.58 Å². The first kappa shape index (κ1) is 21.9. The van der Waals surface area contributed by atoms with Crippen molar-refractivity contribution in [3.8, 4) is 23.7 Å². The van der Waals surface area contributed by atoms with Crippen LogP contribution in [0.2, 0.25) is 0 Å². The molecule has 0 nitrogen and oxygen atoms in total. The molecular weight excluding hydrogens is 312 g/mol. The molecule has 0 aliphatic heterocycles. The summed E-state index contributed by atoms with van der Waals surface area (Å²) < 4.78 is 0. The predicted molar refractivity (Wildman–Crippen MR) is 117 cm³/mol. The van der Waals surface area contributed by atoms with Gasteiger partial charge in [-0.2, -0.15) is 0 Å². The van der Waals surface area contributed by atoms with Crippen molar-refractivity contribution in [2.75, 3.05) is 0 Å². The third kappa shape index (κ3) is 7.80. The van der Waals surface area contributed by atoms with Gasteiger partial charge in [0.15, 0.2) is 0 Å². The monoisotopic (exact) mass is 346 g/mol. The van der Waals surface area contributed by atoms with Crippen LogP contribution in [0, 0.1) is 35.0 Å². The van der Waals surface area contributed by atoms with E-state index in [4.69, 9.17) is 0 Å². The van der Waals surface area contributed by atoms with Crippen molar-refractivity contribution in [3.05, 3.63) is 59.3 Å². The minimum Gasteiger partial charge on any atom is -0.102 e. The van der Waals surface area contributed by atoms with Gasteiger partial charge in [0.25, 0.3) is 0 Å². The van der Waals surface area contributed by atoms with Gasteiger partial charge in [0.2, 0.25) is 0 Å². The van der Waals surface area contributed by atoms with Gasteiger partial charge in [-0.25, -0.2) is 0 Å². The minimum atomic E-state index is 0.250. The van der Waals surface area contributed by atoms with Crippen LogP contribution in [0.5, 0.6) is 0 Å². The molecule has 1 atom stereocenters. The lowest BCUT2D eigenvalue weighted by Crippen LogP contribution is -2.19. The van der Waals surface area contributed by atoms with E-state index < -0.39 is 0 Å². The maximum absolute atomic E-state index is 3.73. The molecule has 0 N–H and O–H groups in total. The SMILES string of the molecule is C=CC(C)C#CC/C=C(\C)C#C/C=C(C)\C=C\C1=C(C)CCCC1(C)C. The molecule has 0 spiro atoms. The summed E-state index contributed by atoms with van der Waals surface area (Å²) in [4.78, 5) is 0. The Hall–Kier alpha value is -2.18. The Labute approximate surface area is 161 Å². The van der Waals surface area contributed by atoms with E-state index >= 15 is 0 Å². The summed E-state index contributed by atoms with van der Waals surface area (Å²) in [5, 5.41) is 0. The van der Waals surface area contributed by atoms with E-state index in [1.54, 1.807) is 0 Å². The van der Waals surface area contributed by atoms with Crippen LogP contribution in [0.4, 0.5) is 0 Å². The van der Waals surface area contributed by atoms with Gasteiger partial charge in [-0.1, -0.05) is 67.4 Å². The van der Waals surface area contributed by atoms with Gasteiger partial charge in [0.1, 0.15) is 0 Å². The Morgan fingerprint density at radius 2 is 2.04 bits per heavy atom. The Balaban J connectivity index is 2.70. The van der Waals surface area contributed by atoms with E-state index in [0.717, 1.165) is 12.0 Å². The molecule has 0 saturated carbocycles. The Bertz CT molecular complexity index is 739. The summed E-state index contributed by atoms with van der Waals surface area (Å²) in [5.74, 6) is 12.9. The minimum absolute atomic E-state index is 0.250. The van der Waals surface area contributed by atoms with Crippen molar-refractivity contribution >= 4 is 0 Å². The highest BCUT2D eigenvalue weighted by Gasteiger charge is 2.26. The van der Waals surface area contributed by atoms with Crippen LogP contribution in [-0.2, 0) is 0 Å². The molecule has 138 valence electrons. The average molecular weight is 347 g/mol. The van der Waals surface area contributed by atoms with Crippen molar-refractivity contribution < 1.29 is 0 Å². The van der Waals surface area contributed by atoms with Gasteiger partial charge in [0, 0.05) is 12.3 Å². The van der Waals surface area contributed by atoms with E-state index in [-0.39, 0.29) is 11.3 Å². The zero-order valence-electron chi connectivity index (χ0n) is 17.5. The number of hydrogen-bond acceptors (Lipinski definition) is 0. The van der Waals surface area contributed by atoms with Gasteiger partial charge < -0.3 is 0 Å². The maximum atomic E-state index is 3.73. The van der Waals surface area contributed by atoms with Gasteiger partial charge in [-0.3, -0.25) is 0 Å². The summed E-state index contributed by atoms with van der Waals surface area (Å²) >= 11 is 0. The second-order valence-electron chi connectivity index (χ2n) is 7.86. The van der Waals surface area contributed by atoms with Crippen molar-refractivity contribution in [2.45, 2.75) is 67.2 Å². The van der Waals surface area contributed by atoms with Crippen LogP contribution in [0.25, 0.3) is 0 Å². The topological polar surface area (TPSA) is 0 Å². The molecule has 0 fully saturated rings. The molecule has 0 saturated heterocycles. The average Bonchev–Trinajstić information content (AvgIpc) is 2.57. The first-order chi connectivity index (χ1) is 12.3. The first-order valence-electron chi connectivity index (χ1n) is 9.60. The fourth-order valence-corrected chi connectivity index (χ4v) is 3.07. The predicted octanol–water partition coefficient (Wildman–Crippen LogP) is 7.18. The zero-order chi connectivity index (χ0) is 19.6. The lowest BCUT2D eigenvalue weighted by atomic mass is 9.72. The molecule has 0 aromatic carbocycles. The molecule has 0 aromatic rings. The van der Waals surface area contributed by atoms with E-state index in [1.807, 2.05) is 26.0 Å². The molecule has 1 aliphatic rings. The molecule has 0 aromatic heterocycles. The zero-order valence-corrected chi connectivity index (χ0v) is 17.5. The fourth-order valence-electron chi connectivity index (χ4n) is 3.07. The summed E-state index contributed by atoms with van der Waals surface area (Å²) in [7, 11) is 0. The molecular formula is C26H34. The molecule has 0 amide bonds. The summed E-state index contributed by atoms with van der Waals surface area (Å²) in [6, 6.07) is 0. The van der Waals surface area contributed by atoms with Crippen molar-refractivity contribution in [2.24, 2.45) is 11.3 Å². The molecule has 0 heteroatoms. The second kappa shape index (κ2) is 10.7. The van der Waals surface area contributed by atoms with Crippen LogP contribution in [0.15, 0.2) is 59.3 Å². The number of hydrogen-bond donors (Lipinski definition) is 0. The summed E-state index contributed by atoms with van der Waals surface area (Å²) in [6.07, 6.45) is 15.0. The van der Waals surface area contributed by atoms with E-state index in [9.17, 15) is 0 Å². The smallest absolute Gasteiger partial charge is 0.0351 e. The molecule has 1 aliphatic carbocycles. The van der Waals surface area contributed by atoms with E-state index in [0.29, 0.717) is 0 Å². The quantitative estimate of drug-likeness (QED) is 0.287. The second-order valence-corrected chi connectivity index (χ2v) is 7.86. The Morgan fingerprint density at radius 3 is 2.69 bits per heavy atom. The first-order valence-corrected chi connectivity index (χ1v) is 9.60. The van der Waals surface area contributed by atoms with Crippen LogP contribution in [0.1, 0.15) is 67.2 Å². The molecule has 0 radical (unpaired) electrons. The number of rotatable bonds is 4. The highest BCUT2D eigenvalue weighted by Crippen LogP contribution is 2.40. The third-order valence-corrected chi connectivity index (χ3v) is 4.82. The normalized spacial score (nSPS) is 18.7. The summed E-state index contributed by atoms with van der Waals surface area (Å²) in [6.45, 7) is 16.9. The highest BCUT2D eigenvalue weighted by atomic mass is 14.3. The Morgan fingerprint density at radius 1 is 1.31 bits per heavy atom. The van der Waals surface area contributed by atoms with E-state index in [1.165, 1.54) is 36.0 Å². The van der Waals surface area contributed by atoms with Crippen LogP contribution in [0.3, 0.4) is 0 Å². The van der Waals surface area contributed by atoms with Crippen LogP contribution >= 0.6 is 0 Å². The van der Waals surface area contributed by atoms with E-state index in [2.05, 4.69) is 76.2 Å². The lowest BCUT2D eigenvalue weighted by molar-refractivity contribution is 0.377. The summed E-state index contributed by atoms with van der Waals surface area (Å²) in [5.41, 5.74) is 5.56. The van der Waals surface area contributed by atoms with Crippen LogP contribution in [-0.4, -0.2) is 0 Å². The van der Waals surface area contributed by atoms with Crippen LogP contribution < -0.4 is 0 Å². The number of allylic oxidation sites excluding steroid dienone is 9. The lowest BCUT2D eigenvalue weighted by Gasteiger charge is -2.32. The highest BCUT2D eigenvalue weighted by molar-refractivity contribution is 5.39. The molecule has 0 bridgehead atoms. The molecule has 26 heavy (non-hydrogen) atoms. The van der Waals surface area contributed by atoms with Gasteiger partial charge in [-0.05, 0) is 75.2 Å². The van der Waals surface area contributed by atoms with Gasteiger partial charge in [0.05, 0.1) is 0 Å². The third-order valence-electron chi connectivity index (χ3n) is 4.82. The fraction of sp³-hybridized carbons (Fsp3) is 0.462. The largest absolute Gasteiger partial charge is 0.102 e. The van der Waals surface area contributed by atoms with Crippen molar-refractivity contribution in [3.63, 3.8) is 0 Å². The van der Waals surface area contributed by atoms with Crippen molar-refractivity contribution in [1.29, 1.82) is 0 Å². The molecule has 1 rings (SSSR count). The van der Waals surface area contributed by atoms with Gasteiger partial charge >= 0.3 is 0 Å². The standard InChI is InChI=1S/C26H34/c1-8-21(2)13-9-10-14-22(3)15-11-16-23(4)18-19-25-24(5)17-12-20-26(25,6)7/h8,14,16,18-19,21H,1,10,12,17,20H2,2-7H3/b19-18+,22-14+,23-16-. The molecule has 1 unspecified atom stereocenters.